The second kappa shape index (κ2) is 5.60. The van der Waals surface area contributed by atoms with Crippen molar-refractivity contribution >= 4 is 12.0 Å². The molecule has 0 saturated heterocycles. The van der Waals surface area contributed by atoms with Gasteiger partial charge in [-0.3, -0.25) is 0 Å². The summed E-state index contributed by atoms with van der Waals surface area (Å²) in [6, 6.07) is 9.49. The molecule has 0 aliphatic carbocycles. The molecule has 0 spiro atoms. The minimum absolute atomic E-state index is 0.0119. The first kappa shape index (κ1) is 10.1. The predicted octanol–water partition coefficient (Wildman–Crippen LogP) is 1.88. The van der Waals surface area contributed by atoms with E-state index in [1.54, 1.807) is 6.08 Å². The van der Waals surface area contributed by atoms with Crippen LogP contribution in [0.15, 0.2) is 36.4 Å². The Labute approximate surface area is 83.2 Å². The Kier molecular flexibility index (Phi) is 4.03. The van der Waals surface area contributed by atoms with Gasteiger partial charge in [0.2, 0.25) is 0 Å². The van der Waals surface area contributed by atoms with Gasteiger partial charge in [0.25, 0.3) is 0 Å². The zero-order chi connectivity index (χ0) is 10.2. The summed E-state index contributed by atoms with van der Waals surface area (Å²) in [6.07, 6.45) is 7.97. The Morgan fingerprint density at radius 3 is 2.79 bits per heavy atom. The number of terminal acetylenes is 1. The van der Waals surface area contributed by atoms with E-state index in [-0.39, 0.29) is 6.61 Å². The summed E-state index contributed by atoms with van der Waals surface area (Å²) in [5.74, 6) is 1.80. The summed E-state index contributed by atoms with van der Waals surface area (Å²) in [6.45, 7) is 0.0119. The van der Waals surface area contributed by atoms with E-state index in [9.17, 15) is 4.79 Å². The Balaban J connectivity index is 2.49. The number of ether oxygens (including phenoxy) is 1. The van der Waals surface area contributed by atoms with Crippen LogP contribution >= 0.6 is 0 Å². The lowest BCUT2D eigenvalue weighted by molar-refractivity contribution is -0.136. The maximum Gasteiger partial charge on any atom is 0.331 e. The highest BCUT2D eigenvalue weighted by atomic mass is 16.5. The second-order valence-corrected chi connectivity index (χ2v) is 2.56. The molecule has 1 rings (SSSR count). The molecule has 0 amide bonds. The van der Waals surface area contributed by atoms with Gasteiger partial charge < -0.3 is 4.74 Å². The SMILES string of the molecule is C#CCOC(=O)/C=C\c1ccccc1. The topological polar surface area (TPSA) is 26.3 Å². The van der Waals surface area contributed by atoms with Crippen molar-refractivity contribution in [2.75, 3.05) is 6.61 Å². The van der Waals surface area contributed by atoms with Crippen molar-refractivity contribution in [2.24, 2.45) is 0 Å². The number of carbonyl (C=O) groups is 1. The molecule has 2 heteroatoms. The van der Waals surface area contributed by atoms with E-state index in [1.807, 2.05) is 30.3 Å². The lowest BCUT2D eigenvalue weighted by atomic mass is 10.2. The number of hydrogen-bond acceptors (Lipinski definition) is 2. The normalized spacial score (nSPS) is 9.64. The fourth-order valence-corrected chi connectivity index (χ4v) is 0.889. The number of esters is 1. The molecule has 0 aromatic heterocycles. The van der Waals surface area contributed by atoms with Gasteiger partial charge in [-0.25, -0.2) is 4.79 Å². The molecular formula is C12H10O2. The summed E-state index contributed by atoms with van der Waals surface area (Å²) in [4.78, 5) is 11.0. The summed E-state index contributed by atoms with van der Waals surface area (Å²) in [7, 11) is 0. The molecule has 1 aromatic carbocycles. The van der Waals surface area contributed by atoms with Gasteiger partial charge in [-0.1, -0.05) is 36.3 Å². The lowest BCUT2D eigenvalue weighted by Crippen LogP contribution is -1.99. The van der Waals surface area contributed by atoms with Gasteiger partial charge in [-0.05, 0) is 11.6 Å². The van der Waals surface area contributed by atoms with Crippen LogP contribution in [0.2, 0.25) is 0 Å². The molecule has 14 heavy (non-hydrogen) atoms. The summed E-state index contributed by atoms with van der Waals surface area (Å²) < 4.78 is 4.65. The van der Waals surface area contributed by atoms with Crippen molar-refractivity contribution < 1.29 is 9.53 Å². The van der Waals surface area contributed by atoms with Crippen LogP contribution in [0, 0.1) is 12.3 Å². The lowest BCUT2D eigenvalue weighted by Gasteiger charge is -1.94. The highest BCUT2D eigenvalue weighted by Crippen LogP contribution is 2.00. The van der Waals surface area contributed by atoms with E-state index in [0.29, 0.717) is 0 Å². The van der Waals surface area contributed by atoms with E-state index < -0.39 is 5.97 Å². The molecule has 1 aromatic rings. The number of benzene rings is 1. The van der Waals surface area contributed by atoms with Crippen LogP contribution in [0.1, 0.15) is 5.56 Å². The smallest absolute Gasteiger partial charge is 0.331 e. The van der Waals surface area contributed by atoms with Gasteiger partial charge in [0.1, 0.15) is 0 Å². The van der Waals surface area contributed by atoms with Gasteiger partial charge in [0.05, 0.1) is 0 Å². The average molecular weight is 186 g/mol. The minimum Gasteiger partial charge on any atom is -0.449 e. The Morgan fingerprint density at radius 2 is 2.14 bits per heavy atom. The molecule has 0 fully saturated rings. The zero-order valence-electron chi connectivity index (χ0n) is 7.64. The van der Waals surface area contributed by atoms with Crippen molar-refractivity contribution in [1.29, 1.82) is 0 Å². The molecule has 0 aliphatic rings. The third kappa shape index (κ3) is 3.59. The van der Waals surface area contributed by atoms with Crippen molar-refractivity contribution in [1.82, 2.24) is 0 Å². The maximum atomic E-state index is 11.0. The van der Waals surface area contributed by atoms with E-state index >= 15 is 0 Å². The fourth-order valence-electron chi connectivity index (χ4n) is 0.889. The molecule has 0 bridgehead atoms. The molecule has 2 nitrogen and oxygen atoms in total. The van der Waals surface area contributed by atoms with Crippen LogP contribution in [-0.4, -0.2) is 12.6 Å². The molecule has 0 saturated carbocycles. The molecule has 0 atom stereocenters. The van der Waals surface area contributed by atoms with Gasteiger partial charge >= 0.3 is 5.97 Å². The van der Waals surface area contributed by atoms with E-state index in [2.05, 4.69) is 10.7 Å². The molecule has 0 aliphatic heterocycles. The molecule has 0 unspecified atom stereocenters. The predicted molar refractivity (Wildman–Crippen MR) is 55.3 cm³/mol. The number of carbonyl (C=O) groups excluding carboxylic acids is 1. The van der Waals surface area contributed by atoms with Gasteiger partial charge in [-0.15, -0.1) is 6.42 Å². The molecule has 0 heterocycles. The summed E-state index contributed by atoms with van der Waals surface area (Å²) in [5.41, 5.74) is 0.949. The molecular weight excluding hydrogens is 176 g/mol. The first-order chi connectivity index (χ1) is 6.83. The van der Waals surface area contributed by atoms with Crippen LogP contribution in [-0.2, 0) is 9.53 Å². The standard InChI is InChI=1S/C12H10O2/c1-2-10-14-12(13)9-8-11-6-4-3-5-7-11/h1,3-9H,10H2/b9-8-. The third-order valence-corrected chi connectivity index (χ3v) is 1.51. The van der Waals surface area contributed by atoms with Crippen LogP contribution in [0.5, 0.6) is 0 Å². The van der Waals surface area contributed by atoms with Crippen molar-refractivity contribution in [2.45, 2.75) is 0 Å². The van der Waals surface area contributed by atoms with Crippen LogP contribution < -0.4 is 0 Å². The third-order valence-electron chi connectivity index (χ3n) is 1.51. The average Bonchev–Trinajstić information content (AvgIpc) is 2.25. The Morgan fingerprint density at radius 1 is 1.43 bits per heavy atom. The van der Waals surface area contributed by atoms with Gasteiger partial charge in [-0.2, -0.15) is 0 Å². The highest BCUT2D eigenvalue weighted by molar-refractivity contribution is 5.87. The summed E-state index contributed by atoms with van der Waals surface area (Å²) in [5, 5.41) is 0. The van der Waals surface area contributed by atoms with Crippen LogP contribution in [0.25, 0.3) is 6.08 Å². The van der Waals surface area contributed by atoms with Gasteiger partial charge in [0.15, 0.2) is 6.61 Å². The van der Waals surface area contributed by atoms with E-state index in [1.165, 1.54) is 6.08 Å². The molecule has 0 N–H and O–H groups in total. The minimum atomic E-state index is -0.424. The maximum absolute atomic E-state index is 11.0. The van der Waals surface area contributed by atoms with Gasteiger partial charge in [0, 0.05) is 6.08 Å². The molecule has 0 radical (unpaired) electrons. The van der Waals surface area contributed by atoms with E-state index in [4.69, 9.17) is 6.42 Å². The van der Waals surface area contributed by atoms with Crippen molar-refractivity contribution in [3.63, 3.8) is 0 Å². The van der Waals surface area contributed by atoms with Crippen molar-refractivity contribution in [3.05, 3.63) is 42.0 Å². The van der Waals surface area contributed by atoms with Crippen LogP contribution in [0.3, 0.4) is 0 Å². The molecule has 70 valence electrons. The zero-order valence-corrected chi connectivity index (χ0v) is 7.64. The van der Waals surface area contributed by atoms with Crippen molar-refractivity contribution in [3.8, 4) is 12.3 Å². The summed E-state index contributed by atoms with van der Waals surface area (Å²) >= 11 is 0. The highest BCUT2D eigenvalue weighted by Gasteiger charge is 1.93. The Hall–Kier alpha value is -2.01. The largest absolute Gasteiger partial charge is 0.449 e. The number of rotatable bonds is 3. The Bertz CT molecular complexity index is 358. The first-order valence-electron chi connectivity index (χ1n) is 4.16. The quantitative estimate of drug-likeness (QED) is 0.409. The first-order valence-corrected chi connectivity index (χ1v) is 4.16. The second-order valence-electron chi connectivity index (χ2n) is 2.56. The van der Waals surface area contributed by atoms with E-state index in [0.717, 1.165) is 5.56 Å². The number of hydrogen-bond donors (Lipinski definition) is 0. The monoisotopic (exact) mass is 186 g/mol. The fraction of sp³-hybridized carbons (Fsp3) is 0.0833. The van der Waals surface area contributed by atoms with Crippen LogP contribution in [0.4, 0.5) is 0 Å².